The fourth-order valence-corrected chi connectivity index (χ4v) is 2.06. The molecule has 16 heavy (non-hydrogen) atoms. The van der Waals surface area contributed by atoms with Crippen molar-refractivity contribution in [3.8, 4) is 0 Å². The molecular weight excluding hydrogens is 224 g/mol. The van der Waals surface area contributed by atoms with E-state index in [1.807, 2.05) is 12.1 Å². The van der Waals surface area contributed by atoms with Crippen LogP contribution in [0.15, 0.2) is 24.3 Å². The second-order valence-electron chi connectivity index (χ2n) is 4.24. The Labute approximate surface area is 100 Å². The van der Waals surface area contributed by atoms with Gasteiger partial charge in [0.05, 0.1) is 5.92 Å². The molecule has 1 aliphatic rings. The van der Waals surface area contributed by atoms with Gasteiger partial charge in [0.25, 0.3) is 0 Å². The highest BCUT2D eigenvalue weighted by molar-refractivity contribution is 6.30. The number of carbonyl (C=O) groups excluding carboxylic acids is 1. The van der Waals surface area contributed by atoms with Gasteiger partial charge in [0.1, 0.15) is 0 Å². The number of amides is 1. The van der Waals surface area contributed by atoms with Crippen LogP contribution in [0.2, 0.25) is 5.02 Å². The fourth-order valence-electron chi connectivity index (χ4n) is 1.93. The third-order valence-electron chi connectivity index (χ3n) is 2.97. The van der Waals surface area contributed by atoms with Crippen LogP contribution in [-0.4, -0.2) is 19.0 Å². The molecule has 1 heterocycles. The van der Waals surface area contributed by atoms with Crippen molar-refractivity contribution in [1.29, 1.82) is 0 Å². The van der Waals surface area contributed by atoms with Gasteiger partial charge in [-0.15, -0.1) is 0 Å². The van der Waals surface area contributed by atoms with Crippen LogP contribution in [0.5, 0.6) is 0 Å². The molecule has 2 atom stereocenters. The minimum atomic E-state index is 0.0654. The Morgan fingerprint density at radius 1 is 1.38 bits per heavy atom. The fraction of sp³-hybridized carbons (Fsp3) is 0.417. The van der Waals surface area contributed by atoms with Crippen LogP contribution in [0, 0.1) is 11.8 Å². The Kier molecular flexibility index (Phi) is 3.46. The Balaban J connectivity index is 1.99. The molecule has 2 unspecified atom stereocenters. The molecule has 0 spiro atoms. The van der Waals surface area contributed by atoms with Crippen molar-refractivity contribution in [2.24, 2.45) is 11.8 Å². The first kappa shape index (κ1) is 11.4. The lowest BCUT2D eigenvalue weighted by molar-refractivity contribution is -0.120. The van der Waals surface area contributed by atoms with E-state index in [1.165, 1.54) is 0 Å². The molecule has 3 nitrogen and oxygen atoms in total. The maximum atomic E-state index is 11.9. The summed E-state index contributed by atoms with van der Waals surface area (Å²) in [6.45, 7) is 3.77. The van der Waals surface area contributed by atoms with Crippen LogP contribution in [0.4, 0.5) is 5.69 Å². The minimum absolute atomic E-state index is 0.0654. The quantitative estimate of drug-likeness (QED) is 0.829. The predicted molar refractivity (Wildman–Crippen MR) is 65.6 cm³/mol. The standard InChI is InChI=1S/C12H15ClN2O/c1-8-6-14-7-11(8)12(16)15-10-4-2-9(13)3-5-10/h2-5,8,11,14H,6-7H2,1H3,(H,15,16). The number of benzene rings is 1. The van der Waals surface area contributed by atoms with Crippen molar-refractivity contribution in [2.75, 3.05) is 18.4 Å². The van der Waals surface area contributed by atoms with Crippen LogP contribution in [0.1, 0.15) is 6.92 Å². The highest BCUT2D eigenvalue weighted by atomic mass is 35.5. The average molecular weight is 239 g/mol. The van der Waals surface area contributed by atoms with E-state index in [9.17, 15) is 4.79 Å². The molecule has 86 valence electrons. The number of carbonyl (C=O) groups is 1. The number of hydrogen-bond donors (Lipinski definition) is 2. The Hall–Kier alpha value is -1.06. The van der Waals surface area contributed by atoms with Gasteiger partial charge in [-0.25, -0.2) is 0 Å². The molecule has 1 saturated heterocycles. The molecule has 1 aromatic carbocycles. The largest absolute Gasteiger partial charge is 0.326 e. The lowest BCUT2D eigenvalue weighted by atomic mass is 9.97. The molecule has 1 aromatic rings. The SMILES string of the molecule is CC1CNCC1C(=O)Nc1ccc(Cl)cc1. The van der Waals surface area contributed by atoms with Gasteiger partial charge in [-0.2, -0.15) is 0 Å². The zero-order chi connectivity index (χ0) is 11.5. The number of anilines is 1. The summed E-state index contributed by atoms with van der Waals surface area (Å²) in [7, 11) is 0. The first-order valence-corrected chi connectivity index (χ1v) is 5.82. The Morgan fingerprint density at radius 3 is 2.62 bits per heavy atom. The zero-order valence-electron chi connectivity index (χ0n) is 9.16. The van der Waals surface area contributed by atoms with Crippen LogP contribution in [-0.2, 0) is 4.79 Å². The normalized spacial score (nSPS) is 24.4. The first-order valence-electron chi connectivity index (χ1n) is 5.44. The highest BCUT2D eigenvalue weighted by Crippen LogP contribution is 2.19. The molecule has 4 heteroatoms. The first-order chi connectivity index (χ1) is 7.66. The minimum Gasteiger partial charge on any atom is -0.326 e. The number of hydrogen-bond acceptors (Lipinski definition) is 2. The van der Waals surface area contributed by atoms with E-state index in [2.05, 4.69) is 17.6 Å². The molecule has 1 amide bonds. The van der Waals surface area contributed by atoms with Crippen LogP contribution in [0.25, 0.3) is 0 Å². The maximum Gasteiger partial charge on any atom is 0.229 e. The van der Waals surface area contributed by atoms with Gasteiger partial charge in [0.15, 0.2) is 0 Å². The van der Waals surface area contributed by atoms with E-state index in [0.717, 1.165) is 18.8 Å². The average Bonchev–Trinajstić information content (AvgIpc) is 2.68. The van der Waals surface area contributed by atoms with Gasteiger partial charge < -0.3 is 10.6 Å². The Morgan fingerprint density at radius 2 is 2.06 bits per heavy atom. The molecule has 0 saturated carbocycles. The molecule has 2 N–H and O–H groups in total. The number of rotatable bonds is 2. The molecule has 0 aliphatic carbocycles. The summed E-state index contributed by atoms with van der Waals surface area (Å²) >= 11 is 5.78. The van der Waals surface area contributed by atoms with E-state index in [0.29, 0.717) is 10.9 Å². The third kappa shape index (κ3) is 2.54. The van der Waals surface area contributed by atoms with Crippen LogP contribution < -0.4 is 10.6 Å². The van der Waals surface area contributed by atoms with E-state index < -0.39 is 0 Å². The molecule has 2 rings (SSSR count). The summed E-state index contributed by atoms with van der Waals surface area (Å²) in [5.41, 5.74) is 0.800. The monoisotopic (exact) mass is 238 g/mol. The highest BCUT2D eigenvalue weighted by Gasteiger charge is 2.29. The van der Waals surface area contributed by atoms with Crippen molar-refractivity contribution in [3.63, 3.8) is 0 Å². The van der Waals surface area contributed by atoms with Gasteiger partial charge in [-0.05, 0) is 36.7 Å². The lowest BCUT2D eigenvalue weighted by Gasteiger charge is -2.14. The van der Waals surface area contributed by atoms with Crippen LogP contribution in [0.3, 0.4) is 0 Å². The third-order valence-corrected chi connectivity index (χ3v) is 3.22. The van der Waals surface area contributed by atoms with Gasteiger partial charge in [-0.1, -0.05) is 18.5 Å². The van der Waals surface area contributed by atoms with Gasteiger partial charge in [-0.3, -0.25) is 4.79 Å². The second-order valence-corrected chi connectivity index (χ2v) is 4.67. The summed E-state index contributed by atoms with van der Waals surface area (Å²) in [4.78, 5) is 11.9. The summed E-state index contributed by atoms with van der Waals surface area (Å²) in [5, 5.41) is 6.79. The molecule has 0 radical (unpaired) electrons. The topological polar surface area (TPSA) is 41.1 Å². The zero-order valence-corrected chi connectivity index (χ0v) is 9.92. The molecular formula is C12H15ClN2O. The maximum absolute atomic E-state index is 11.9. The lowest BCUT2D eigenvalue weighted by Crippen LogP contribution is -2.27. The number of nitrogens with one attached hydrogen (secondary N) is 2. The van der Waals surface area contributed by atoms with Crippen molar-refractivity contribution < 1.29 is 4.79 Å². The van der Waals surface area contributed by atoms with Crippen molar-refractivity contribution >= 4 is 23.2 Å². The van der Waals surface area contributed by atoms with Crippen molar-refractivity contribution in [3.05, 3.63) is 29.3 Å². The second kappa shape index (κ2) is 4.85. The molecule has 1 fully saturated rings. The number of halogens is 1. The van der Waals surface area contributed by atoms with Crippen molar-refractivity contribution in [2.45, 2.75) is 6.92 Å². The van der Waals surface area contributed by atoms with Gasteiger partial charge in [0.2, 0.25) is 5.91 Å². The van der Waals surface area contributed by atoms with Gasteiger partial charge in [0, 0.05) is 17.3 Å². The summed E-state index contributed by atoms with van der Waals surface area (Å²) in [6.07, 6.45) is 0. The van der Waals surface area contributed by atoms with Crippen LogP contribution >= 0.6 is 11.6 Å². The summed E-state index contributed by atoms with van der Waals surface area (Å²) in [5.74, 6) is 0.544. The Bertz CT molecular complexity index is 377. The summed E-state index contributed by atoms with van der Waals surface area (Å²) < 4.78 is 0. The van der Waals surface area contributed by atoms with E-state index >= 15 is 0 Å². The van der Waals surface area contributed by atoms with E-state index in [4.69, 9.17) is 11.6 Å². The smallest absolute Gasteiger partial charge is 0.229 e. The molecule has 0 bridgehead atoms. The molecule has 0 aromatic heterocycles. The predicted octanol–water partition coefficient (Wildman–Crippen LogP) is 2.13. The van der Waals surface area contributed by atoms with Crippen molar-refractivity contribution in [1.82, 2.24) is 5.32 Å². The summed E-state index contributed by atoms with van der Waals surface area (Å²) in [6, 6.07) is 7.17. The van der Waals surface area contributed by atoms with E-state index in [1.54, 1.807) is 12.1 Å². The van der Waals surface area contributed by atoms with Gasteiger partial charge >= 0.3 is 0 Å². The van der Waals surface area contributed by atoms with E-state index in [-0.39, 0.29) is 11.8 Å². The molecule has 1 aliphatic heterocycles.